The Kier molecular flexibility index (Phi) is 9.18. The molecular weight excluding hydrogens is 382 g/mol. The van der Waals surface area contributed by atoms with Crippen LogP contribution in [0.1, 0.15) is 21.5 Å². The van der Waals surface area contributed by atoms with E-state index in [1.54, 1.807) is 27.3 Å². The number of hydrogen-bond donors (Lipinski definition) is 4. The van der Waals surface area contributed by atoms with Crippen molar-refractivity contribution in [1.82, 2.24) is 21.3 Å². The summed E-state index contributed by atoms with van der Waals surface area (Å²) in [5.74, 6) is 1.08. The lowest BCUT2D eigenvalue weighted by Gasteiger charge is -2.12. The van der Waals surface area contributed by atoms with Crippen LogP contribution in [0.15, 0.2) is 53.5 Å². The Balaban J connectivity index is 1.71. The summed E-state index contributed by atoms with van der Waals surface area (Å²) >= 11 is 0. The summed E-state index contributed by atoms with van der Waals surface area (Å²) in [6, 6.07) is 15.0. The van der Waals surface area contributed by atoms with Gasteiger partial charge in [-0.15, -0.1) is 0 Å². The van der Waals surface area contributed by atoms with Crippen molar-refractivity contribution in [3.8, 4) is 5.75 Å². The molecule has 0 aliphatic heterocycles. The van der Waals surface area contributed by atoms with Gasteiger partial charge < -0.3 is 26.0 Å². The zero-order valence-electron chi connectivity index (χ0n) is 17.6. The van der Waals surface area contributed by atoms with Crippen LogP contribution in [0.25, 0.3) is 0 Å². The summed E-state index contributed by atoms with van der Waals surface area (Å²) in [7, 11) is 4.88. The number of carbonyl (C=O) groups excluding carboxylic acids is 2. The number of nitrogens with one attached hydrogen (secondary N) is 4. The average Bonchev–Trinajstić information content (AvgIpc) is 2.79. The van der Waals surface area contributed by atoms with E-state index in [0.29, 0.717) is 24.6 Å². The summed E-state index contributed by atoms with van der Waals surface area (Å²) in [6.45, 7) is 1.17. The lowest BCUT2D eigenvalue weighted by molar-refractivity contribution is -0.120. The highest BCUT2D eigenvalue weighted by Crippen LogP contribution is 2.10. The molecule has 0 aliphatic carbocycles. The molecule has 0 aromatic heterocycles. The van der Waals surface area contributed by atoms with E-state index in [0.717, 1.165) is 23.3 Å². The molecule has 2 aromatic rings. The van der Waals surface area contributed by atoms with Gasteiger partial charge in [0.1, 0.15) is 5.75 Å². The van der Waals surface area contributed by atoms with Gasteiger partial charge in [0.05, 0.1) is 13.7 Å². The van der Waals surface area contributed by atoms with Gasteiger partial charge in [-0.3, -0.25) is 14.6 Å². The van der Waals surface area contributed by atoms with Crippen LogP contribution in [0, 0.1) is 0 Å². The van der Waals surface area contributed by atoms with E-state index in [9.17, 15) is 9.59 Å². The van der Waals surface area contributed by atoms with E-state index >= 15 is 0 Å². The summed E-state index contributed by atoms with van der Waals surface area (Å²) in [5, 5.41) is 11.6. The van der Waals surface area contributed by atoms with Crippen LogP contribution in [0.3, 0.4) is 0 Å². The Morgan fingerprint density at radius 3 is 2.43 bits per heavy atom. The molecule has 8 heteroatoms. The molecule has 30 heavy (non-hydrogen) atoms. The van der Waals surface area contributed by atoms with Crippen LogP contribution in [-0.2, 0) is 17.8 Å². The van der Waals surface area contributed by atoms with Gasteiger partial charge >= 0.3 is 0 Å². The van der Waals surface area contributed by atoms with Crippen LogP contribution in [0.4, 0.5) is 0 Å². The molecule has 2 aromatic carbocycles. The molecule has 0 heterocycles. The van der Waals surface area contributed by atoms with Gasteiger partial charge in [0.2, 0.25) is 5.91 Å². The Bertz CT molecular complexity index is 865. The Hall–Kier alpha value is -3.55. The summed E-state index contributed by atoms with van der Waals surface area (Å²) in [6.07, 6.45) is 0.717. The van der Waals surface area contributed by atoms with E-state index < -0.39 is 0 Å². The van der Waals surface area contributed by atoms with Crippen LogP contribution in [-0.4, -0.2) is 52.1 Å². The number of guanidine groups is 1. The van der Waals surface area contributed by atoms with E-state index in [4.69, 9.17) is 4.74 Å². The zero-order chi connectivity index (χ0) is 21.8. The fourth-order valence-corrected chi connectivity index (χ4v) is 2.73. The van der Waals surface area contributed by atoms with Gasteiger partial charge in [0.15, 0.2) is 5.96 Å². The Morgan fingerprint density at radius 1 is 1.00 bits per heavy atom. The third kappa shape index (κ3) is 7.46. The lowest BCUT2D eigenvalue weighted by Crippen LogP contribution is -2.43. The van der Waals surface area contributed by atoms with Crippen molar-refractivity contribution in [2.45, 2.75) is 13.0 Å². The highest BCUT2D eigenvalue weighted by Gasteiger charge is 2.06. The van der Waals surface area contributed by atoms with Gasteiger partial charge in [0, 0.05) is 32.7 Å². The molecule has 0 fully saturated rings. The number of methoxy groups -OCH3 is 1. The van der Waals surface area contributed by atoms with Crippen molar-refractivity contribution < 1.29 is 14.3 Å². The van der Waals surface area contributed by atoms with Crippen molar-refractivity contribution in [3.63, 3.8) is 0 Å². The zero-order valence-corrected chi connectivity index (χ0v) is 17.6. The van der Waals surface area contributed by atoms with Gasteiger partial charge in [-0.25, -0.2) is 0 Å². The number of aliphatic imine (C=N–C) groups is 1. The predicted molar refractivity (Wildman–Crippen MR) is 118 cm³/mol. The summed E-state index contributed by atoms with van der Waals surface area (Å²) < 4.78 is 5.12. The van der Waals surface area contributed by atoms with Gasteiger partial charge in [-0.2, -0.15) is 0 Å². The van der Waals surface area contributed by atoms with Crippen LogP contribution in [0.5, 0.6) is 5.75 Å². The molecule has 2 amide bonds. The topological polar surface area (TPSA) is 104 Å². The minimum Gasteiger partial charge on any atom is -0.497 e. The fourth-order valence-electron chi connectivity index (χ4n) is 2.73. The Morgan fingerprint density at radius 2 is 1.77 bits per heavy atom. The molecule has 0 saturated heterocycles. The van der Waals surface area contributed by atoms with E-state index in [1.165, 1.54) is 0 Å². The number of hydrogen-bond acceptors (Lipinski definition) is 4. The maximum absolute atomic E-state index is 12.1. The smallest absolute Gasteiger partial charge is 0.251 e. The van der Waals surface area contributed by atoms with Crippen LogP contribution in [0.2, 0.25) is 0 Å². The van der Waals surface area contributed by atoms with Gasteiger partial charge in [0.25, 0.3) is 5.91 Å². The monoisotopic (exact) mass is 411 g/mol. The second-order valence-corrected chi connectivity index (χ2v) is 6.51. The predicted octanol–water partition coefficient (Wildman–Crippen LogP) is 1.08. The second kappa shape index (κ2) is 12.1. The summed E-state index contributed by atoms with van der Waals surface area (Å²) in [5.41, 5.74) is 2.66. The number of benzene rings is 2. The van der Waals surface area contributed by atoms with Crippen molar-refractivity contribution >= 4 is 17.8 Å². The Labute approximate surface area is 177 Å². The van der Waals surface area contributed by atoms with E-state index in [2.05, 4.69) is 26.3 Å². The molecular formula is C22H29N5O3. The third-order valence-corrected chi connectivity index (χ3v) is 4.41. The molecule has 160 valence electrons. The number of rotatable bonds is 9. The molecule has 0 saturated carbocycles. The minimum atomic E-state index is -0.132. The highest BCUT2D eigenvalue weighted by molar-refractivity contribution is 5.94. The van der Waals surface area contributed by atoms with Crippen molar-refractivity contribution in [3.05, 3.63) is 65.2 Å². The van der Waals surface area contributed by atoms with Crippen molar-refractivity contribution in [1.29, 1.82) is 0 Å². The molecule has 2 rings (SSSR count). The van der Waals surface area contributed by atoms with E-state index in [1.807, 2.05) is 42.5 Å². The SMILES string of the molecule is CN=C(NCCc1cccc(C(=O)NC)c1)NCC(=O)NCc1ccc(OC)cc1. The van der Waals surface area contributed by atoms with Crippen molar-refractivity contribution in [2.75, 3.05) is 34.3 Å². The van der Waals surface area contributed by atoms with Gasteiger partial charge in [-0.1, -0.05) is 24.3 Å². The van der Waals surface area contributed by atoms with Crippen molar-refractivity contribution in [2.24, 2.45) is 4.99 Å². The van der Waals surface area contributed by atoms with Gasteiger partial charge in [-0.05, 0) is 41.8 Å². The molecule has 8 nitrogen and oxygen atoms in total. The number of nitrogens with zero attached hydrogens (tertiary/aromatic N) is 1. The molecule has 0 unspecified atom stereocenters. The molecule has 4 N–H and O–H groups in total. The highest BCUT2D eigenvalue weighted by atomic mass is 16.5. The first-order valence-electron chi connectivity index (χ1n) is 9.71. The molecule has 0 aliphatic rings. The lowest BCUT2D eigenvalue weighted by atomic mass is 10.1. The number of ether oxygens (including phenoxy) is 1. The molecule has 0 atom stereocenters. The maximum atomic E-state index is 12.1. The molecule has 0 spiro atoms. The van der Waals surface area contributed by atoms with Crippen LogP contribution < -0.4 is 26.0 Å². The summed E-state index contributed by atoms with van der Waals surface area (Å²) in [4.78, 5) is 27.9. The largest absolute Gasteiger partial charge is 0.497 e. The minimum absolute atomic E-state index is 0.108. The maximum Gasteiger partial charge on any atom is 0.251 e. The third-order valence-electron chi connectivity index (χ3n) is 4.41. The first-order chi connectivity index (χ1) is 14.5. The standard InChI is InChI=1S/C22H29N5O3/c1-23-21(29)18-6-4-5-16(13-18)11-12-25-22(24-2)27-15-20(28)26-14-17-7-9-19(30-3)10-8-17/h4-10,13H,11-12,14-15H2,1-3H3,(H,23,29)(H,26,28)(H2,24,25,27). The fraction of sp³-hybridized carbons (Fsp3) is 0.318. The quantitative estimate of drug-likeness (QED) is 0.365. The van der Waals surface area contributed by atoms with Crippen LogP contribution >= 0.6 is 0 Å². The normalized spacial score (nSPS) is 10.8. The molecule has 0 bridgehead atoms. The first-order valence-corrected chi connectivity index (χ1v) is 9.71. The average molecular weight is 412 g/mol. The second-order valence-electron chi connectivity index (χ2n) is 6.51. The first kappa shape index (κ1) is 22.7. The van der Waals surface area contributed by atoms with E-state index in [-0.39, 0.29) is 18.4 Å². The number of amides is 2. The number of carbonyl (C=O) groups is 2. The molecule has 0 radical (unpaired) electrons.